The van der Waals surface area contributed by atoms with Crippen molar-refractivity contribution in [3.05, 3.63) is 36.4 Å². The lowest BCUT2D eigenvalue weighted by Gasteiger charge is -2.14. The average Bonchev–Trinajstić information content (AvgIpc) is 2.77. The van der Waals surface area contributed by atoms with Gasteiger partial charge < -0.3 is 19.9 Å². The summed E-state index contributed by atoms with van der Waals surface area (Å²) in [4.78, 5) is 11.6. The number of fused-ring (bicyclic) bond motifs is 1. The molecule has 2 unspecified atom stereocenters. The van der Waals surface area contributed by atoms with Gasteiger partial charge in [-0.15, -0.1) is 6.58 Å². The highest BCUT2D eigenvalue weighted by atomic mass is 16.5. The molecule has 0 saturated heterocycles. The van der Waals surface area contributed by atoms with Crippen LogP contribution in [0.1, 0.15) is 18.6 Å². The van der Waals surface area contributed by atoms with E-state index in [0.717, 1.165) is 5.56 Å². The molecule has 19 heavy (non-hydrogen) atoms. The van der Waals surface area contributed by atoms with Crippen LogP contribution in [0, 0.1) is 0 Å². The largest absolute Gasteiger partial charge is 0.490 e. The maximum absolute atomic E-state index is 11.6. The molecule has 5 nitrogen and oxygen atoms in total. The minimum absolute atomic E-state index is 0.207. The maximum atomic E-state index is 11.6. The second-order valence-electron chi connectivity index (χ2n) is 4.32. The topological polar surface area (TPSA) is 67.8 Å². The van der Waals surface area contributed by atoms with Crippen molar-refractivity contribution in [1.29, 1.82) is 0 Å². The van der Waals surface area contributed by atoms with Gasteiger partial charge in [-0.25, -0.2) is 0 Å². The first kappa shape index (κ1) is 13.4. The van der Waals surface area contributed by atoms with Crippen LogP contribution in [0.5, 0.6) is 11.5 Å². The van der Waals surface area contributed by atoms with Crippen LogP contribution in [-0.4, -0.2) is 30.3 Å². The zero-order valence-corrected chi connectivity index (χ0v) is 10.8. The van der Waals surface area contributed by atoms with E-state index in [-0.39, 0.29) is 12.5 Å². The SMILES string of the molecule is C=CCNC(=O)C(C)Oc1ccc2c(c1)OCC2O. The molecular formula is C14H17NO4. The Morgan fingerprint density at radius 1 is 1.74 bits per heavy atom. The third kappa shape index (κ3) is 3.06. The molecule has 1 heterocycles. The number of amides is 1. The van der Waals surface area contributed by atoms with Gasteiger partial charge in [-0.1, -0.05) is 6.08 Å². The standard InChI is InChI=1S/C14H17NO4/c1-3-6-15-14(17)9(2)19-10-4-5-11-12(16)8-18-13(11)7-10/h3-5,7,9,12,16H,1,6,8H2,2H3,(H,15,17). The monoisotopic (exact) mass is 263 g/mol. The first-order valence-corrected chi connectivity index (χ1v) is 6.12. The molecule has 1 aliphatic rings. The summed E-state index contributed by atoms with van der Waals surface area (Å²) in [6, 6.07) is 5.15. The van der Waals surface area contributed by atoms with Gasteiger partial charge in [0, 0.05) is 18.2 Å². The summed E-state index contributed by atoms with van der Waals surface area (Å²) in [5, 5.41) is 12.3. The Morgan fingerprint density at radius 3 is 3.26 bits per heavy atom. The summed E-state index contributed by atoms with van der Waals surface area (Å²) in [5.74, 6) is 0.930. The predicted molar refractivity (Wildman–Crippen MR) is 70.2 cm³/mol. The Kier molecular flexibility index (Phi) is 4.06. The molecule has 0 saturated carbocycles. The molecule has 0 bridgehead atoms. The summed E-state index contributed by atoms with van der Waals surface area (Å²) in [7, 11) is 0. The number of nitrogens with one attached hydrogen (secondary N) is 1. The second-order valence-corrected chi connectivity index (χ2v) is 4.32. The third-order valence-corrected chi connectivity index (χ3v) is 2.84. The number of aliphatic hydroxyl groups excluding tert-OH is 1. The Balaban J connectivity index is 2.00. The molecule has 0 radical (unpaired) electrons. The van der Waals surface area contributed by atoms with Crippen LogP contribution in [0.4, 0.5) is 0 Å². The van der Waals surface area contributed by atoms with E-state index >= 15 is 0 Å². The fourth-order valence-corrected chi connectivity index (χ4v) is 1.82. The van der Waals surface area contributed by atoms with Gasteiger partial charge in [0.05, 0.1) is 0 Å². The lowest BCUT2D eigenvalue weighted by Crippen LogP contribution is -2.36. The van der Waals surface area contributed by atoms with Crippen molar-refractivity contribution in [2.45, 2.75) is 19.1 Å². The van der Waals surface area contributed by atoms with Crippen molar-refractivity contribution in [2.75, 3.05) is 13.2 Å². The van der Waals surface area contributed by atoms with Gasteiger partial charge >= 0.3 is 0 Å². The van der Waals surface area contributed by atoms with E-state index in [1.54, 1.807) is 31.2 Å². The summed E-state index contributed by atoms with van der Waals surface area (Å²) < 4.78 is 10.8. The summed E-state index contributed by atoms with van der Waals surface area (Å²) in [6.07, 6.45) is 0.414. The van der Waals surface area contributed by atoms with Crippen molar-refractivity contribution in [3.63, 3.8) is 0 Å². The van der Waals surface area contributed by atoms with Crippen LogP contribution >= 0.6 is 0 Å². The van der Waals surface area contributed by atoms with Crippen molar-refractivity contribution < 1.29 is 19.4 Å². The van der Waals surface area contributed by atoms with E-state index in [1.807, 2.05) is 0 Å². The van der Waals surface area contributed by atoms with Gasteiger partial charge in [0.2, 0.25) is 0 Å². The average molecular weight is 263 g/mol. The fourth-order valence-electron chi connectivity index (χ4n) is 1.82. The number of hydrogen-bond acceptors (Lipinski definition) is 4. The molecule has 0 aliphatic carbocycles. The summed E-state index contributed by atoms with van der Waals surface area (Å²) >= 11 is 0. The Morgan fingerprint density at radius 2 is 2.53 bits per heavy atom. The number of carbonyl (C=O) groups is 1. The Labute approximate surface area is 111 Å². The quantitative estimate of drug-likeness (QED) is 0.783. The highest BCUT2D eigenvalue weighted by Crippen LogP contribution is 2.35. The zero-order valence-electron chi connectivity index (χ0n) is 10.8. The zero-order chi connectivity index (χ0) is 13.8. The van der Waals surface area contributed by atoms with Crippen molar-refractivity contribution in [3.8, 4) is 11.5 Å². The number of rotatable bonds is 5. The molecular weight excluding hydrogens is 246 g/mol. The van der Waals surface area contributed by atoms with Crippen LogP contribution in [0.15, 0.2) is 30.9 Å². The van der Waals surface area contributed by atoms with Crippen molar-refractivity contribution in [2.24, 2.45) is 0 Å². The van der Waals surface area contributed by atoms with Gasteiger partial charge in [-0.3, -0.25) is 4.79 Å². The van der Waals surface area contributed by atoms with Gasteiger partial charge in [-0.2, -0.15) is 0 Å². The molecule has 2 rings (SSSR count). The highest BCUT2D eigenvalue weighted by molar-refractivity contribution is 5.80. The minimum Gasteiger partial charge on any atom is -0.490 e. The molecule has 1 amide bonds. The lowest BCUT2D eigenvalue weighted by atomic mass is 10.1. The second kappa shape index (κ2) is 5.75. The van der Waals surface area contributed by atoms with Crippen LogP contribution in [0.2, 0.25) is 0 Å². The van der Waals surface area contributed by atoms with E-state index < -0.39 is 12.2 Å². The highest BCUT2D eigenvalue weighted by Gasteiger charge is 2.23. The minimum atomic E-state index is -0.607. The third-order valence-electron chi connectivity index (χ3n) is 2.84. The van der Waals surface area contributed by atoms with E-state index in [9.17, 15) is 9.90 Å². The van der Waals surface area contributed by atoms with Crippen LogP contribution in [-0.2, 0) is 4.79 Å². The van der Waals surface area contributed by atoms with E-state index in [1.165, 1.54) is 0 Å². The lowest BCUT2D eigenvalue weighted by molar-refractivity contribution is -0.127. The van der Waals surface area contributed by atoms with E-state index in [2.05, 4.69) is 11.9 Å². The predicted octanol–water partition coefficient (Wildman–Crippen LogP) is 1.18. The van der Waals surface area contributed by atoms with Crippen LogP contribution in [0.25, 0.3) is 0 Å². The fraction of sp³-hybridized carbons (Fsp3) is 0.357. The molecule has 1 aromatic carbocycles. The molecule has 1 aliphatic heterocycles. The number of ether oxygens (including phenoxy) is 2. The van der Waals surface area contributed by atoms with E-state index in [4.69, 9.17) is 9.47 Å². The molecule has 0 aromatic heterocycles. The maximum Gasteiger partial charge on any atom is 0.261 e. The van der Waals surface area contributed by atoms with Crippen molar-refractivity contribution in [1.82, 2.24) is 5.32 Å². The van der Waals surface area contributed by atoms with Gasteiger partial charge in [-0.05, 0) is 19.1 Å². The van der Waals surface area contributed by atoms with Crippen LogP contribution in [0.3, 0.4) is 0 Å². The molecule has 0 spiro atoms. The first-order chi connectivity index (χ1) is 9.11. The molecule has 2 N–H and O–H groups in total. The number of aliphatic hydroxyl groups is 1. The number of benzene rings is 1. The summed E-state index contributed by atoms with van der Waals surface area (Å²) in [5.41, 5.74) is 0.746. The first-order valence-electron chi connectivity index (χ1n) is 6.12. The molecule has 0 fully saturated rings. The molecule has 1 aromatic rings. The molecule has 5 heteroatoms. The molecule has 2 atom stereocenters. The molecule has 102 valence electrons. The number of hydrogen-bond donors (Lipinski definition) is 2. The Bertz CT molecular complexity index is 486. The normalized spacial score (nSPS) is 18.1. The van der Waals surface area contributed by atoms with Gasteiger partial charge in [0.15, 0.2) is 6.10 Å². The van der Waals surface area contributed by atoms with Crippen LogP contribution < -0.4 is 14.8 Å². The van der Waals surface area contributed by atoms with Gasteiger partial charge in [0.1, 0.15) is 24.2 Å². The van der Waals surface area contributed by atoms with E-state index in [0.29, 0.717) is 18.0 Å². The Hall–Kier alpha value is -2.01. The van der Waals surface area contributed by atoms with Crippen molar-refractivity contribution >= 4 is 5.91 Å². The smallest absolute Gasteiger partial charge is 0.261 e. The van der Waals surface area contributed by atoms with Gasteiger partial charge in [0.25, 0.3) is 5.91 Å². The summed E-state index contributed by atoms with van der Waals surface area (Å²) in [6.45, 7) is 5.86. The number of carbonyl (C=O) groups excluding carboxylic acids is 1.